The number of ether oxygens (including phenoxy) is 1. The van der Waals surface area contributed by atoms with E-state index < -0.39 is 29.6 Å². The van der Waals surface area contributed by atoms with Crippen LogP contribution in [0, 0.1) is 17.5 Å². The van der Waals surface area contributed by atoms with Gasteiger partial charge in [0.1, 0.15) is 17.5 Å². The summed E-state index contributed by atoms with van der Waals surface area (Å²) >= 11 is 0. The van der Waals surface area contributed by atoms with Gasteiger partial charge in [0.25, 0.3) is 0 Å². The molecule has 0 aliphatic carbocycles. The zero-order valence-electron chi connectivity index (χ0n) is 15.3. The first kappa shape index (κ1) is 19.5. The molecule has 3 N–H and O–H groups in total. The molecule has 2 aromatic carbocycles. The van der Waals surface area contributed by atoms with Crippen molar-refractivity contribution in [2.24, 2.45) is 0 Å². The summed E-state index contributed by atoms with van der Waals surface area (Å²) in [7, 11) is 0. The highest BCUT2D eigenvalue weighted by Crippen LogP contribution is 2.33. The van der Waals surface area contributed by atoms with E-state index in [0.29, 0.717) is 22.2 Å². The minimum Gasteiger partial charge on any atom is -0.388 e. The van der Waals surface area contributed by atoms with Gasteiger partial charge in [-0.3, -0.25) is 4.79 Å². The Morgan fingerprint density at radius 2 is 1.90 bits per heavy atom. The van der Waals surface area contributed by atoms with Crippen LogP contribution in [0.25, 0.3) is 22.2 Å². The van der Waals surface area contributed by atoms with E-state index in [9.17, 15) is 23.1 Å². The summed E-state index contributed by atoms with van der Waals surface area (Å²) in [6.45, 7) is 0.401. The van der Waals surface area contributed by atoms with Gasteiger partial charge in [0, 0.05) is 23.6 Å². The normalized spacial score (nSPS) is 19.0. The Labute approximate surface area is 164 Å². The molecule has 3 aromatic rings. The number of rotatable bonds is 5. The fourth-order valence-electron chi connectivity index (χ4n) is 3.59. The Bertz CT molecular complexity index is 1050. The van der Waals surface area contributed by atoms with E-state index in [1.54, 1.807) is 0 Å². The molecule has 0 unspecified atom stereocenters. The third kappa shape index (κ3) is 3.99. The van der Waals surface area contributed by atoms with Gasteiger partial charge in [-0.1, -0.05) is 0 Å². The van der Waals surface area contributed by atoms with Crippen LogP contribution >= 0.6 is 0 Å². The van der Waals surface area contributed by atoms with Crippen molar-refractivity contribution in [2.75, 3.05) is 13.2 Å². The summed E-state index contributed by atoms with van der Waals surface area (Å²) in [5.41, 5.74) is 1.78. The molecule has 0 bridgehead atoms. The van der Waals surface area contributed by atoms with Crippen molar-refractivity contribution in [3.63, 3.8) is 0 Å². The highest BCUT2D eigenvalue weighted by Gasteiger charge is 2.27. The summed E-state index contributed by atoms with van der Waals surface area (Å²) < 4.78 is 46.5. The van der Waals surface area contributed by atoms with Crippen molar-refractivity contribution in [3.8, 4) is 11.3 Å². The first-order valence-electron chi connectivity index (χ1n) is 9.23. The van der Waals surface area contributed by atoms with Crippen LogP contribution in [0.2, 0.25) is 0 Å². The zero-order chi connectivity index (χ0) is 20.5. The van der Waals surface area contributed by atoms with E-state index in [4.69, 9.17) is 4.74 Å². The first-order valence-corrected chi connectivity index (χ1v) is 9.23. The smallest absolute Gasteiger partial charge is 0.220 e. The molecule has 1 fully saturated rings. The maximum absolute atomic E-state index is 14.3. The van der Waals surface area contributed by atoms with Crippen molar-refractivity contribution in [1.29, 1.82) is 0 Å². The molecule has 29 heavy (non-hydrogen) atoms. The average Bonchev–Trinajstić information content (AvgIpc) is 3.24. The van der Waals surface area contributed by atoms with E-state index >= 15 is 0 Å². The van der Waals surface area contributed by atoms with Crippen LogP contribution in [0.4, 0.5) is 13.2 Å². The minimum atomic E-state index is -0.759. The number of amides is 1. The van der Waals surface area contributed by atoms with E-state index in [1.165, 1.54) is 30.3 Å². The monoisotopic (exact) mass is 404 g/mol. The van der Waals surface area contributed by atoms with Crippen molar-refractivity contribution < 1.29 is 27.8 Å². The molecule has 1 aliphatic heterocycles. The number of H-pyrrole nitrogens is 1. The Morgan fingerprint density at radius 1 is 1.14 bits per heavy atom. The van der Waals surface area contributed by atoms with Gasteiger partial charge in [0.15, 0.2) is 0 Å². The minimum absolute atomic E-state index is 0.0441. The molecule has 8 heteroatoms. The van der Waals surface area contributed by atoms with Gasteiger partial charge in [-0.15, -0.1) is 0 Å². The van der Waals surface area contributed by atoms with E-state index in [-0.39, 0.29) is 37.5 Å². The zero-order valence-corrected chi connectivity index (χ0v) is 15.3. The predicted molar refractivity (Wildman–Crippen MR) is 101 cm³/mol. The summed E-state index contributed by atoms with van der Waals surface area (Å²) in [6.07, 6.45) is -0.516. The number of benzene rings is 2. The Hall–Kier alpha value is -2.84. The molecule has 0 spiro atoms. The lowest BCUT2D eigenvalue weighted by Gasteiger charge is -2.14. The van der Waals surface area contributed by atoms with Crippen molar-refractivity contribution in [3.05, 3.63) is 59.4 Å². The number of carbonyl (C=O) groups is 1. The largest absolute Gasteiger partial charge is 0.388 e. The van der Waals surface area contributed by atoms with Gasteiger partial charge >= 0.3 is 0 Å². The van der Waals surface area contributed by atoms with Crippen LogP contribution in [-0.4, -0.2) is 41.4 Å². The number of aromatic amines is 1. The SMILES string of the molecule is O=C(CCc1c(-c2ccc(F)cc2)[nH]c2c(F)cc(F)cc12)N[C@H]1COC[C@@H]1O. The number of carbonyl (C=O) groups excluding carboxylic acids is 1. The van der Waals surface area contributed by atoms with Crippen LogP contribution < -0.4 is 5.32 Å². The summed E-state index contributed by atoms with van der Waals surface area (Å²) in [5, 5.41) is 12.8. The number of hydrogen-bond donors (Lipinski definition) is 3. The van der Waals surface area contributed by atoms with E-state index in [1.807, 2.05) is 0 Å². The van der Waals surface area contributed by atoms with Crippen molar-refractivity contribution >= 4 is 16.8 Å². The summed E-state index contributed by atoms with van der Waals surface area (Å²) in [4.78, 5) is 15.3. The van der Waals surface area contributed by atoms with Crippen LogP contribution in [0.15, 0.2) is 36.4 Å². The molecule has 4 rings (SSSR count). The lowest BCUT2D eigenvalue weighted by molar-refractivity contribution is -0.122. The highest BCUT2D eigenvalue weighted by molar-refractivity contribution is 5.92. The van der Waals surface area contributed by atoms with E-state index in [0.717, 1.165) is 6.07 Å². The van der Waals surface area contributed by atoms with Crippen LogP contribution in [0.5, 0.6) is 0 Å². The number of hydrogen-bond acceptors (Lipinski definition) is 3. The second kappa shape index (κ2) is 7.88. The molecule has 152 valence electrons. The lowest BCUT2D eigenvalue weighted by atomic mass is 10.0. The number of aromatic nitrogens is 1. The van der Waals surface area contributed by atoms with Gasteiger partial charge in [-0.2, -0.15) is 0 Å². The Balaban J connectivity index is 1.65. The standard InChI is InChI=1S/C21H19F3N2O3/c22-12-3-1-11(2-4-12)20-14(15-7-13(23)8-16(24)21(15)26-20)5-6-19(28)25-17-9-29-10-18(17)27/h1-4,7-8,17-18,26-27H,5-6,9-10H2,(H,25,28)/t17-,18-/m0/s1. The quantitative estimate of drug-likeness (QED) is 0.612. The molecular formula is C21H19F3N2O3. The van der Waals surface area contributed by atoms with Gasteiger partial charge in [0.2, 0.25) is 5.91 Å². The number of aliphatic hydroxyl groups is 1. The second-order valence-corrected chi connectivity index (χ2v) is 7.07. The molecule has 2 heterocycles. The second-order valence-electron chi connectivity index (χ2n) is 7.07. The number of fused-ring (bicyclic) bond motifs is 1. The van der Waals surface area contributed by atoms with Gasteiger partial charge in [-0.25, -0.2) is 13.2 Å². The lowest BCUT2D eigenvalue weighted by Crippen LogP contribution is -2.42. The molecular weight excluding hydrogens is 385 g/mol. The van der Waals surface area contributed by atoms with Crippen LogP contribution in [0.3, 0.4) is 0 Å². The molecule has 1 aliphatic rings. The van der Waals surface area contributed by atoms with Crippen LogP contribution in [-0.2, 0) is 16.0 Å². The third-order valence-corrected chi connectivity index (χ3v) is 5.06. The van der Waals surface area contributed by atoms with Crippen LogP contribution in [0.1, 0.15) is 12.0 Å². The van der Waals surface area contributed by atoms with Crippen molar-refractivity contribution in [1.82, 2.24) is 10.3 Å². The maximum atomic E-state index is 14.3. The first-order chi connectivity index (χ1) is 13.9. The molecule has 1 saturated heterocycles. The molecule has 0 radical (unpaired) electrons. The maximum Gasteiger partial charge on any atom is 0.220 e. The number of nitrogens with one attached hydrogen (secondary N) is 2. The summed E-state index contributed by atoms with van der Waals surface area (Å²) in [5.74, 6) is -2.20. The predicted octanol–water partition coefficient (Wildman–Crippen LogP) is 3.06. The summed E-state index contributed by atoms with van der Waals surface area (Å²) in [6, 6.07) is 7.13. The van der Waals surface area contributed by atoms with Gasteiger partial charge < -0.3 is 20.1 Å². The molecule has 1 amide bonds. The molecule has 5 nitrogen and oxygen atoms in total. The van der Waals surface area contributed by atoms with E-state index in [2.05, 4.69) is 10.3 Å². The Morgan fingerprint density at radius 3 is 2.59 bits per heavy atom. The molecule has 0 saturated carbocycles. The Kier molecular flexibility index (Phi) is 5.29. The number of halogens is 3. The topological polar surface area (TPSA) is 74.4 Å². The average molecular weight is 404 g/mol. The molecule has 2 atom stereocenters. The fraction of sp³-hybridized carbons (Fsp3) is 0.286. The van der Waals surface area contributed by atoms with Crippen molar-refractivity contribution in [2.45, 2.75) is 25.0 Å². The fourth-order valence-corrected chi connectivity index (χ4v) is 3.59. The number of aryl methyl sites for hydroxylation is 1. The number of aliphatic hydroxyl groups excluding tert-OH is 1. The third-order valence-electron chi connectivity index (χ3n) is 5.06. The van der Waals surface area contributed by atoms with Gasteiger partial charge in [0.05, 0.1) is 30.9 Å². The van der Waals surface area contributed by atoms with Gasteiger partial charge in [-0.05, 0) is 47.9 Å². The molecule has 1 aromatic heterocycles. The highest BCUT2D eigenvalue weighted by atomic mass is 19.1.